The van der Waals surface area contributed by atoms with Gasteiger partial charge in [-0.25, -0.2) is 4.68 Å². The maximum Gasteiger partial charge on any atom is 0.229 e. The summed E-state index contributed by atoms with van der Waals surface area (Å²) in [5.41, 5.74) is 1.80. The molecule has 1 aliphatic rings. The minimum absolute atomic E-state index is 0.0563. The Morgan fingerprint density at radius 1 is 1.35 bits per heavy atom. The summed E-state index contributed by atoms with van der Waals surface area (Å²) in [4.78, 5) is 12.2. The lowest BCUT2D eigenvalue weighted by Gasteiger charge is -2.14. The lowest BCUT2D eigenvalue weighted by molar-refractivity contribution is -0.120. The fraction of sp³-hybridized carbons (Fsp3) is 0.333. The third-order valence-electron chi connectivity index (χ3n) is 3.76. The number of nitrogens with one attached hydrogen (secondary N) is 2. The van der Waals surface area contributed by atoms with Gasteiger partial charge in [-0.3, -0.25) is 4.79 Å². The molecule has 5 heteroatoms. The van der Waals surface area contributed by atoms with Crippen molar-refractivity contribution in [2.45, 2.75) is 6.92 Å². The lowest BCUT2D eigenvalue weighted by atomic mass is 9.97. The predicted octanol–water partition coefficient (Wildman–Crippen LogP) is 1.67. The Labute approximate surface area is 118 Å². The molecule has 0 unspecified atom stereocenters. The molecule has 1 amide bonds. The van der Waals surface area contributed by atoms with E-state index in [1.807, 2.05) is 36.5 Å². The zero-order chi connectivity index (χ0) is 13.9. The summed E-state index contributed by atoms with van der Waals surface area (Å²) in [6, 6.07) is 9.58. The summed E-state index contributed by atoms with van der Waals surface area (Å²) in [5, 5.41) is 10.4. The number of aromatic nitrogens is 2. The maximum absolute atomic E-state index is 12.2. The summed E-state index contributed by atoms with van der Waals surface area (Å²) in [5.74, 6) is 0.536. The normalized spacial score (nSPS) is 21.9. The Kier molecular flexibility index (Phi) is 3.52. The molecule has 2 atom stereocenters. The van der Waals surface area contributed by atoms with Crippen LogP contribution in [-0.4, -0.2) is 28.8 Å². The van der Waals surface area contributed by atoms with Crippen molar-refractivity contribution in [3.63, 3.8) is 0 Å². The lowest BCUT2D eigenvalue weighted by Crippen LogP contribution is -2.27. The van der Waals surface area contributed by atoms with Crippen LogP contribution in [0.15, 0.2) is 42.7 Å². The molecule has 2 N–H and O–H groups in total. The van der Waals surface area contributed by atoms with E-state index in [1.54, 1.807) is 10.9 Å². The molecule has 0 spiro atoms. The van der Waals surface area contributed by atoms with Crippen LogP contribution in [0.4, 0.5) is 5.69 Å². The van der Waals surface area contributed by atoms with Crippen LogP contribution in [-0.2, 0) is 4.79 Å². The number of hydrogen-bond acceptors (Lipinski definition) is 3. The Morgan fingerprint density at radius 3 is 2.75 bits per heavy atom. The van der Waals surface area contributed by atoms with Crippen molar-refractivity contribution in [2.75, 3.05) is 18.4 Å². The van der Waals surface area contributed by atoms with Crippen molar-refractivity contribution in [2.24, 2.45) is 11.8 Å². The van der Waals surface area contributed by atoms with E-state index >= 15 is 0 Å². The van der Waals surface area contributed by atoms with Crippen LogP contribution in [0, 0.1) is 11.8 Å². The van der Waals surface area contributed by atoms with E-state index in [4.69, 9.17) is 0 Å². The quantitative estimate of drug-likeness (QED) is 0.892. The molecule has 2 aromatic rings. The van der Waals surface area contributed by atoms with Gasteiger partial charge in [0.1, 0.15) is 0 Å². The predicted molar refractivity (Wildman–Crippen MR) is 77.7 cm³/mol. The standard InChI is InChI=1S/C15H18N4O/c1-11-9-16-10-14(11)15(20)18-12-3-5-13(6-4-12)19-8-2-7-17-19/h2-8,11,14,16H,9-10H2,1H3,(H,18,20)/t11-,14-/m1/s1. The van der Waals surface area contributed by atoms with Crippen LogP contribution in [0.3, 0.4) is 0 Å². The van der Waals surface area contributed by atoms with Crippen LogP contribution in [0.2, 0.25) is 0 Å². The van der Waals surface area contributed by atoms with Crippen molar-refractivity contribution in [1.29, 1.82) is 0 Å². The summed E-state index contributed by atoms with van der Waals surface area (Å²) in [7, 11) is 0. The van der Waals surface area contributed by atoms with Gasteiger partial charge in [0, 0.05) is 24.6 Å². The Morgan fingerprint density at radius 2 is 2.15 bits per heavy atom. The molecule has 1 saturated heterocycles. The molecule has 0 radical (unpaired) electrons. The number of rotatable bonds is 3. The molecule has 1 aromatic heterocycles. The van der Waals surface area contributed by atoms with Crippen molar-refractivity contribution >= 4 is 11.6 Å². The van der Waals surface area contributed by atoms with Gasteiger partial charge in [0.05, 0.1) is 11.6 Å². The maximum atomic E-state index is 12.2. The molecular formula is C15H18N4O. The van der Waals surface area contributed by atoms with Gasteiger partial charge < -0.3 is 10.6 Å². The third kappa shape index (κ3) is 2.58. The van der Waals surface area contributed by atoms with Gasteiger partial charge in [0.2, 0.25) is 5.91 Å². The average Bonchev–Trinajstić information content (AvgIpc) is 3.10. The third-order valence-corrected chi connectivity index (χ3v) is 3.76. The van der Waals surface area contributed by atoms with E-state index in [-0.39, 0.29) is 11.8 Å². The first-order valence-corrected chi connectivity index (χ1v) is 6.86. The summed E-state index contributed by atoms with van der Waals surface area (Å²) in [6.45, 7) is 3.78. The van der Waals surface area contributed by atoms with Gasteiger partial charge in [-0.15, -0.1) is 0 Å². The van der Waals surface area contributed by atoms with Crippen LogP contribution in [0.25, 0.3) is 5.69 Å². The van der Waals surface area contributed by atoms with Crippen LogP contribution in [0.1, 0.15) is 6.92 Å². The second-order valence-corrected chi connectivity index (χ2v) is 5.23. The number of anilines is 1. The van der Waals surface area contributed by atoms with Gasteiger partial charge in [0.25, 0.3) is 0 Å². The Hall–Kier alpha value is -2.14. The highest BCUT2D eigenvalue weighted by molar-refractivity contribution is 5.93. The highest BCUT2D eigenvalue weighted by Crippen LogP contribution is 2.19. The molecule has 1 aromatic carbocycles. The molecule has 2 heterocycles. The first-order chi connectivity index (χ1) is 9.74. The van der Waals surface area contributed by atoms with Gasteiger partial charge in [-0.1, -0.05) is 6.92 Å². The van der Waals surface area contributed by atoms with Crippen LogP contribution >= 0.6 is 0 Å². The second kappa shape index (κ2) is 5.46. The molecule has 20 heavy (non-hydrogen) atoms. The zero-order valence-electron chi connectivity index (χ0n) is 11.4. The molecule has 104 valence electrons. The minimum atomic E-state index is 0.0563. The van der Waals surface area contributed by atoms with E-state index in [0.29, 0.717) is 5.92 Å². The van der Waals surface area contributed by atoms with Gasteiger partial charge in [-0.05, 0) is 42.8 Å². The molecule has 5 nitrogen and oxygen atoms in total. The summed E-state index contributed by atoms with van der Waals surface area (Å²) < 4.78 is 1.79. The topological polar surface area (TPSA) is 59.0 Å². The van der Waals surface area contributed by atoms with Crippen LogP contribution < -0.4 is 10.6 Å². The van der Waals surface area contributed by atoms with Crippen molar-refractivity contribution in [3.05, 3.63) is 42.7 Å². The highest BCUT2D eigenvalue weighted by atomic mass is 16.1. The van der Waals surface area contributed by atoms with Gasteiger partial charge in [-0.2, -0.15) is 5.10 Å². The van der Waals surface area contributed by atoms with E-state index in [0.717, 1.165) is 24.5 Å². The molecule has 0 bridgehead atoms. The molecule has 1 aliphatic heterocycles. The van der Waals surface area contributed by atoms with E-state index in [2.05, 4.69) is 22.7 Å². The first kappa shape index (κ1) is 12.9. The number of carbonyl (C=O) groups excluding carboxylic acids is 1. The molecule has 1 fully saturated rings. The highest BCUT2D eigenvalue weighted by Gasteiger charge is 2.29. The van der Waals surface area contributed by atoms with Crippen molar-refractivity contribution in [1.82, 2.24) is 15.1 Å². The monoisotopic (exact) mass is 270 g/mol. The zero-order valence-corrected chi connectivity index (χ0v) is 11.4. The van der Waals surface area contributed by atoms with E-state index < -0.39 is 0 Å². The molecule has 3 rings (SSSR count). The fourth-order valence-electron chi connectivity index (χ4n) is 2.52. The van der Waals surface area contributed by atoms with Crippen molar-refractivity contribution in [3.8, 4) is 5.69 Å². The Balaban J connectivity index is 1.68. The number of amides is 1. The first-order valence-electron chi connectivity index (χ1n) is 6.86. The minimum Gasteiger partial charge on any atom is -0.326 e. The number of carbonyl (C=O) groups is 1. The molecular weight excluding hydrogens is 252 g/mol. The van der Waals surface area contributed by atoms with E-state index in [9.17, 15) is 4.79 Å². The van der Waals surface area contributed by atoms with Gasteiger partial charge >= 0.3 is 0 Å². The number of benzene rings is 1. The summed E-state index contributed by atoms with van der Waals surface area (Å²) >= 11 is 0. The fourth-order valence-corrected chi connectivity index (χ4v) is 2.52. The smallest absolute Gasteiger partial charge is 0.229 e. The van der Waals surface area contributed by atoms with Crippen LogP contribution in [0.5, 0.6) is 0 Å². The average molecular weight is 270 g/mol. The largest absolute Gasteiger partial charge is 0.326 e. The number of hydrogen-bond donors (Lipinski definition) is 2. The van der Waals surface area contributed by atoms with Crippen molar-refractivity contribution < 1.29 is 4.79 Å². The number of nitrogens with zero attached hydrogens (tertiary/aromatic N) is 2. The SMILES string of the molecule is C[C@@H]1CNC[C@H]1C(=O)Nc1ccc(-n2cccn2)cc1. The Bertz CT molecular complexity index is 576. The molecule has 0 aliphatic carbocycles. The van der Waals surface area contributed by atoms with E-state index in [1.165, 1.54) is 0 Å². The van der Waals surface area contributed by atoms with Gasteiger partial charge in [0.15, 0.2) is 0 Å². The second-order valence-electron chi connectivity index (χ2n) is 5.23. The summed E-state index contributed by atoms with van der Waals surface area (Å²) in [6.07, 6.45) is 3.63. The molecule has 0 saturated carbocycles.